The zero-order valence-corrected chi connectivity index (χ0v) is 9.87. The van der Waals surface area contributed by atoms with Crippen molar-refractivity contribution in [2.24, 2.45) is 5.41 Å². The number of rotatable bonds is 6. The molecule has 0 saturated carbocycles. The van der Waals surface area contributed by atoms with Crippen LogP contribution in [0, 0.1) is 5.41 Å². The van der Waals surface area contributed by atoms with Crippen LogP contribution in [-0.4, -0.2) is 47.7 Å². The number of benzene rings is 1. The molecule has 0 bridgehead atoms. The van der Waals surface area contributed by atoms with Crippen LogP contribution in [0.15, 0.2) is 24.3 Å². The lowest BCUT2D eigenvalue weighted by atomic mass is 9.92. The second-order valence-electron chi connectivity index (χ2n) is 4.14. The highest BCUT2D eigenvalue weighted by Gasteiger charge is 2.30. The van der Waals surface area contributed by atoms with Gasteiger partial charge < -0.3 is 25.8 Å². The first-order valence-corrected chi connectivity index (χ1v) is 5.43. The Morgan fingerprint density at radius 2 is 1.72 bits per heavy atom. The maximum absolute atomic E-state index is 11.7. The summed E-state index contributed by atoms with van der Waals surface area (Å²) in [6.07, 6.45) is 0. The van der Waals surface area contributed by atoms with Crippen LogP contribution < -0.4 is 5.73 Å². The minimum absolute atomic E-state index is 0.209. The molecule has 0 heterocycles. The number of para-hydroxylation sites is 1. The SMILES string of the molecule is Nc1ccccc1C(=O)OCC(CO)(CO)CO. The topological polar surface area (TPSA) is 113 Å². The third kappa shape index (κ3) is 3.19. The molecule has 5 N–H and O–H groups in total. The van der Waals surface area contributed by atoms with Gasteiger partial charge in [0.25, 0.3) is 0 Å². The molecule has 0 atom stereocenters. The fourth-order valence-electron chi connectivity index (χ4n) is 1.27. The summed E-state index contributed by atoms with van der Waals surface area (Å²) in [6, 6.07) is 6.40. The Kier molecular flexibility index (Phi) is 5.08. The Hall–Kier alpha value is -1.63. The second-order valence-corrected chi connectivity index (χ2v) is 4.14. The molecular formula is C12H17NO5. The van der Waals surface area contributed by atoms with E-state index in [1.54, 1.807) is 18.2 Å². The van der Waals surface area contributed by atoms with Gasteiger partial charge in [-0.15, -0.1) is 0 Å². The second kappa shape index (κ2) is 6.34. The fraction of sp³-hybridized carbons (Fsp3) is 0.417. The number of hydrogen-bond acceptors (Lipinski definition) is 6. The molecule has 0 unspecified atom stereocenters. The molecule has 100 valence electrons. The standard InChI is InChI=1S/C12H17NO5/c13-10-4-2-1-3-9(10)11(17)18-8-12(5-14,6-15)7-16/h1-4,14-16H,5-8,13H2. The van der Waals surface area contributed by atoms with Crippen molar-refractivity contribution in [3.63, 3.8) is 0 Å². The van der Waals surface area contributed by atoms with Crippen molar-refractivity contribution < 1.29 is 24.9 Å². The Morgan fingerprint density at radius 3 is 2.22 bits per heavy atom. The molecule has 6 nitrogen and oxygen atoms in total. The molecule has 0 aliphatic carbocycles. The lowest BCUT2D eigenvalue weighted by Gasteiger charge is -2.26. The van der Waals surface area contributed by atoms with Crippen molar-refractivity contribution in [3.8, 4) is 0 Å². The van der Waals surface area contributed by atoms with Gasteiger partial charge in [0.05, 0.1) is 30.8 Å². The van der Waals surface area contributed by atoms with E-state index in [0.717, 1.165) is 0 Å². The minimum Gasteiger partial charge on any atom is -0.461 e. The monoisotopic (exact) mass is 255 g/mol. The molecule has 1 aromatic carbocycles. The summed E-state index contributed by atoms with van der Waals surface area (Å²) in [6.45, 7) is -1.75. The molecule has 0 aliphatic heterocycles. The lowest BCUT2D eigenvalue weighted by Crippen LogP contribution is -2.39. The minimum atomic E-state index is -1.24. The summed E-state index contributed by atoms with van der Waals surface area (Å²) >= 11 is 0. The maximum atomic E-state index is 11.7. The Balaban J connectivity index is 2.69. The van der Waals surface area contributed by atoms with E-state index in [4.69, 9.17) is 25.8 Å². The van der Waals surface area contributed by atoms with Crippen molar-refractivity contribution in [1.82, 2.24) is 0 Å². The van der Waals surface area contributed by atoms with Gasteiger partial charge in [0.2, 0.25) is 0 Å². The van der Waals surface area contributed by atoms with Gasteiger partial charge in [-0.2, -0.15) is 0 Å². The normalized spacial score (nSPS) is 11.3. The third-order valence-corrected chi connectivity index (χ3v) is 2.70. The lowest BCUT2D eigenvalue weighted by molar-refractivity contribution is -0.0440. The number of carbonyl (C=O) groups is 1. The largest absolute Gasteiger partial charge is 0.461 e. The molecule has 0 aliphatic rings. The molecule has 0 aromatic heterocycles. The maximum Gasteiger partial charge on any atom is 0.340 e. The average Bonchev–Trinajstić information content (AvgIpc) is 2.41. The number of ether oxygens (including phenoxy) is 1. The molecule has 0 amide bonds. The number of nitrogen functional groups attached to an aromatic ring is 1. The highest BCUT2D eigenvalue weighted by molar-refractivity contribution is 5.94. The smallest absolute Gasteiger partial charge is 0.340 e. The van der Waals surface area contributed by atoms with Crippen LogP contribution in [0.4, 0.5) is 5.69 Å². The molecule has 0 spiro atoms. The van der Waals surface area contributed by atoms with Crippen molar-refractivity contribution in [2.75, 3.05) is 32.2 Å². The van der Waals surface area contributed by atoms with E-state index in [2.05, 4.69) is 0 Å². The molecule has 18 heavy (non-hydrogen) atoms. The predicted molar refractivity (Wildman–Crippen MR) is 64.8 cm³/mol. The summed E-state index contributed by atoms with van der Waals surface area (Å²) in [7, 11) is 0. The molecule has 0 fully saturated rings. The van der Waals surface area contributed by atoms with Crippen LogP contribution in [0.2, 0.25) is 0 Å². The quantitative estimate of drug-likeness (QED) is 0.398. The predicted octanol–water partition coefficient (Wildman–Crippen LogP) is -0.611. The summed E-state index contributed by atoms with van der Waals surface area (Å²) in [5, 5.41) is 27.2. The highest BCUT2D eigenvalue weighted by Crippen LogP contribution is 2.18. The van der Waals surface area contributed by atoms with E-state index >= 15 is 0 Å². The van der Waals surface area contributed by atoms with Crippen LogP contribution >= 0.6 is 0 Å². The molecule has 0 saturated heterocycles. The van der Waals surface area contributed by atoms with E-state index in [9.17, 15) is 4.79 Å². The molecule has 0 radical (unpaired) electrons. The number of aliphatic hydroxyl groups excluding tert-OH is 3. The Morgan fingerprint density at radius 1 is 1.17 bits per heavy atom. The zero-order chi connectivity index (χ0) is 13.6. The van der Waals surface area contributed by atoms with E-state index in [1.807, 2.05) is 0 Å². The van der Waals surface area contributed by atoms with Gasteiger partial charge in [-0.25, -0.2) is 4.79 Å². The van der Waals surface area contributed by atoms with Gasteiger partial charge in [-0.3, -0.25) is 0 Å². The van der Waals surface area contributed by atoms with E-state index in [0.29, 0.717) is 0 Å². The van der Waals surface area contributed by atoms with Gasteiger partial charge in [0, 0.05) is 5.69 Å². The van der Waals surface area contributed by atoms with Crippen LogP contribution in [0.5, 0.6) is 0 Å². The number of aliphatic hydroxyl groups is 3. The number of nitrogens with two attached hydrogens (primary N) is 1. The van der Waals surface area contributed by atoms with Crippen molar-refractivity contribution in [3.05, 3.63) is 29.8 Å². The fourth-order valence-corrected chi connectivity index (χ4v) is 1.27. The highest BCUT2D eigenvalue weighted by atomic mass is 16.5. The number of hydrogen-bond donors (Lipinski definition) is 4. The zero-order valence-electron chi connectivity index (χ0n) is 9.87. The molecule has 1 aromatic rings. The molecule has 1 rings (SSSR count). The first-order valence-electron chi connectivity index (χ1n) is 5.43. The van der Waals surface area contributed by atoms with Crippen molar-refractivity contribution in [2.45, 2.75) is 0 Å². The van der Waals surface area contributed by atoms with Crippen LogP contribution in [0.1, 0.15) is 10.4 Å². The van der Waals surface area contributed by atoms with Crippen LogP contribution in [-0.2, 0) is 4.74 Å². The van der Waals surface area contributed by atoms with E-state index in [1.165, 1.54) is 6.07 Å². The average molecular weight is 255 g/mol. The third-order valence-electron chi connectivity index (χ3n) is 2.70. The first-order chi connectivity index (χ1) is 8.58. The number of carbonyl (C=O) groups excluding carboxylic acids is 1. The summed E-state index contributed by atoms with van der Waals surface area (Å²) in [4.78, 5) is 11.7. The Bertz CT molecular complexity index is 395. The van der Waals surface area contributed by atoms with E-state index in [-0.39, 0.29) is 17.9 Å². The molecular weight excluding hydrogens is 238 g/mol. The summed E-state index contributed by atoms with van der Waals surface area (Å²) in [5.41, 5.74) is 4.86. The Labute approximate surface area is 105 Å². The first kappa shape index (κ1) is 14.4. The van der Waals surface area contributed by atoms with Gasteiger partial charge in [-0.1, -0.05) is 12.1 Å². The summed E-state index contributed by atoms with van der Waals surface area (Å²) < 4.78 is 4.95. The van der Waals surface area contributed by atoms with Gasteiger partial charge in [0.1, 0.15) is 6.61 Å². The van der Waals surface area contributed by atoms with E-state index < -0.39 is 31.2 Å². The van der Waals surface area contributed by atoms with Crippen LogP contribution in [0.25, 0.3) is 0 Å². The van der Waals surface area contributed by atoms with Crippen LogP contribution in [0.3, 0.4) is 0 Å². The van der Waals surface area contributed by atoms with Crippen molar-refractivity contribution in [1.29, 1.82) is 0 Å². The number of anilines is 1. The summed E-state index contributed by atoms with van der Waals surface area (Å²) in [5.74, 6) is -0.659. The number of esters is 1. The van der Waals surface area contributed by atoms with Crippen molar-refractivity contribution >= 4 is 11.7 Å². The molecule has 6 heteroatoms. The van der Waals surface area contributed by atoms with Gasteiger partial charge in [0.15, 0.2) is 0 Å². The van der Waals surface area contributed by atoms with Gasteiger partial charge >= 0.3 is 5.97 Å². The van der Waals surface area contributed by atoms with Gasteiger partial charge in [-0.05, 0) is 12.1 Å².